The standard InChI is InChI=1S/C13H16N2O2/c1-10(2)15(5-6-16)13-4-3-11(9-17)7-12(13)8-14/h3-4,7,9-10,16H,5-6H2,1-2H3. The first-order valence-electron chi connectivity index (χ1n) is 5.50. The first kappa shape index (κ1) is 13.2. The molecule has 0 aromatic heterocycles. The van der Waals surface area contributed by atoms with Gasteiger partial charge in [0.25, 0.3) is 0 Å². The van der Waals surface area contributed by atoms with Crippen molar-refractivity contribution in [3.63, 3.8) is 0 Å². The molecule has 0 bridgehead atoms. The van der Waals surface area contributed by atoms with Crippen LogP contribution in [0.4, 0.5) is 5.69 Å². The summed E-state index contributed by atoms with van der Waals surface area (Å²) in [6.45, 7) is 4.47. The molecule has 0 atom stereocenters. The van der Waals surface area contributed by atoms with Crippen molar-refractivity contribution in [2.24, 2.45) is 0 Å². The third-order valence-corrected chi connectivity index (χ3v) is 2.55. The minimum atomic E-state index is 0.0263. The number of hydrogen-bond acceptors (Lipinski definition) is 4. The molecule has 1 N–H and O–H groups in total. The molecule has 0 unspecified atom stereocenters. The van der Waals surface area contributed by atoms with E-state index in [2.05, 4.69) is 6.07 Å². The number of carbonyl (C=O) groups is 1. The molecule has 0 radical (unpaired) electrons. The quantitative estimate of drug-likeness (QED) is 0.783. The highest BCUT2D eigenvalue weighted by Crippen LogP contribution is 2.22. The molecule has 0 saturated carbocycles. The maximum atomic E-state index is 10.7. The van der Waals surface area contributed by atoms with E-state index in [0.717, 1.165) is 12.0 Å². The highest BCUT2D eigenvalue weighted by Gasteiger charge is 2.14. The highest BCUT2D eigenvalue weighted by atomic mass is 16.3. The molecule has 0 fully saturated rings. The number of aliphatic hydroxyl groups excluding tert-OH is 1. The van der Waals surface area contributed by atoms with Crippen LogP contribution in [0.25, 0.3) is 0 Å². The minimum absolute atomic E-state index is 0.0263. The second kappa shape index (κ2) is 6.02. The lowest BCUT2D eigenvalue weighted by Gasteiger charge is -2.29. The van der Waals surface area contributed by atoms with Gasteiger partial charge in [-0.1, -0.05) is 0 Å². The van der Waals surface area contributed by atoms with Gasteiger partial charge in [0.1, 0.15) is 12.4 Å². The molecule has 0 aliphatic carbocycles. The summed E-state index contributed by atoms with van der Waals surface area (Å²) in [5, 5.41) is 18.1. The molecule has 0 saturated heterocycles. The lowest BCUT2D eigenvalue weighted by atomic mass is 10.1. The maximum Gasteiger partial charge on any atom is 0.150 e. The number of aliphatic hydroxyl groups is 1. The van der Waals surface area contributed by atoms with Crippen molar-refractivity contribution < 1.29 is 9.90 Å². The summed E-state index contributed by atoms with van der Waals surface area (Å²) in [7, 11) is 0. The predicted octanol–water partition coefficient (Wildman–Crippen LogP) is 1.58. The van der Waals surface area contributed by atoms with Crippen LogP contribution in [0.5, 0.6) is 0 Å². The van der Waals surface area contributed by atoms with Gasteiger partial charge in [-0.3, -0.25) is 4.79 Å². The third-order valence-electron chi connectivity index (χ3n) is 2.55. The average molecular weight is 232 g/mol. The molecule has 4 heteroatoms. The van der Waals surface area contributed by atoms with Crippen LogP contribution in [0.15, 0.2) is 18.2 Å². The van der Waals surface area contributed by atoms with Crippen LogP contribution in [-0.2, 0) is 0 Å². The van der Waals surface area contributed by atoms with Gasteiger partial charge in [0, 0.05) is 18.2 Å². The molecular formula is C13H16N2O2. The predicted molar refractivity (Wildman–Crippen MR) is 66.1 cm³/mol. The molecule has 0 amide bonds. The number of rotatable bonds is 5. The van der Waals surface area contributed by atoms with Crippen LogP contribution < -0.4 is 4.90 Å². The normalized spacial score (nSPS) is 10.1. The topological polar surface area (TPSA) is 64.3 Å². The Bertz CT molecular complexity index is 436. The molecule has 0 aliphatic heterocycles. The summed E-state index contributed by atoms with van der Waals surface area (Å²) < 4.78 is 0. The molecule has 1 aromatic carbocycles. The lowest BCUT2D eigenvalue weighted by molar-refractivity contribution is 0.112. The second-order valence-corrected chi connectivity index (χ2v) is 4.02. The van der Waals surface area contributed by atoms with Gasteiger partial charge < -0.3 is 10.0 Å². The van der Waals surface area contributed by atoms with Crippen molar-refractivity contribution in [3.8, 4) is 6.07 Å². The van der Waals surface area contributed by atoms with Gasteiger partial charge in [-0.05, 0) is 32.0 Å². The Balaban J connectivity index is 3.19. The van der Waals surface area contributed by atoms with Crippen LogP contribution in [0, 0.1) is 11.3 Å². The van der Waals surface area contributed by atoms with E-state index >= 15 is 0 Å². The Hall–Kier alpha value is -1.86. The first-order valence-corrected chi connectivity index (χ1v) is 5.50. The van der Waals surface area contributed by atoms with Gasteiger partial charge in [-0.25, -0.2) is 0 Å². The minimum Gasteiger partial charge on any atom is -0.395 e. The van der Waals surface area contributed by atoms with Crippen molar-refractivity contribution in [3.05, 3.63) is 29.3 Å². The van der Waals surface area contributed by atoms with E-state index < -0.39 is 0 Å². The zero-order chi connectivity index (χ0) is 12.8. The van der Waals surface area contributed by atoms with Crippen molar-refractivity contribution in [2.75, 3.05) is 18.1 Å². The highest BCUT2D eigenvalue weighted by molar-refractivity contribution is 5.78. The van der Waals surface area contributed by atoms with E-state index in [-0.39, 0.29) is 12.6 Å². The average Bonchev–Trinajstić information content (AvgIpc) is 2.35. The summed E-state index contributed by atoms with van der Waals surface area (Å²) in [6.07, 6.45) is 0.719. The van der Waals surface area contributed by atoms with Gasteiger partial charge >= 0.3 is 0 Å². The van der Waals surface area contributed by atoms with Crippen LogP contribution in [0.1, 0.15) is 29.8 Å². The molecular weight excluding hydrogens is 216 g/mol. The van der Waals surface area contributed by atoms with Gasteiger partial charge in [0.15, 0.2) is 0 Å². The van der Waals surface area contributed by atoms with Gasteiger partial charge in [-0.2, -0.15) is 5.26 Å². The van der Waals surface area contributed by atoms with Crippen LogP contribution in [0.3, 0.4) is 0 Å². The maximum absolute atomic E-state index is 10.7. The molecule has 90 valence electrons. The van der Waals surface area contributed by atoms with Crippen LogP contribution >= 0.6 is 0 Å². The van der Waals surface area contributed by atoms with E-state index in [4.69, 9.17) is 10.4 Å². The fraction of sp³-hybridized carbons (Fsp3) is 0.385. The molecule has 1 aromatic rings. The Morgan fingerprint density at radius 2 is 2.24 bits per heavy atom. The second-order valence-electron chi connectivity index (χ2n) is 4.02. The molecule has 0 aliphatic rings. The number of nitrogens with zero attached hydrogens (tertiary/aromatic N) is 2. The SMILES string of the molecule is CC(C)N(CCO)c1ccc(C=O)cc1C#N. The summed E-state index contributed by atoms with van der Waals surface area (Å²) in [5.74, 6) is 0. The van der Waals surface area contributed by atoms with E-state index in [0.29, 0.717) is 17.7 Å². The number of anilines is 1. The zero-order valence-electron chi connectivity index (χ0n) is 10.1. The van der Waals surface area contributed by atoms with E-state index in [1.54, 1.807) is 18.2 Å². The van der Waals surface area contributed by atoms with Gasteiger partial charge in [-0.15, -0.1) is 0 Å². The Kier molecular flexibility index (Phi) is 4.68. The Labute approximate surface area is 101 Å². The summed E-state index contributed by atoms with van der Waals surface area (Å²) >= 11 is 0. The lowest BCUT2D eigenvalue weighted by Crippen LogP contribution is -2.34. The van der Waals surface area contributed by atoms with Crippen LogP contribution in [0.2, 0.25) is 0 Å². The number of carbonyl (C=O) groups excluding carboxylic acids is 1. The Morgan fingerprint density at radius 1 is 1.53 bits per heavy atom. The molecule has 4 nitrogen and oxygen atoms in total. The van der Waals surface area contributed by atoms with Gasteiger partial charge in [0.05, 0.1) is 17.9 Å². The van der Waals surface area contributed by atoms with Crippen molar-refractivity contribution in [1.29, 1.82) is 5.26 Å². The number of hydrogen-bond donors (Lipinski definition) is 1. The smallest absolute Gasteiger partial charge is 0.150 e. The van der Waals surface area contributed by atoms with Crippen molar-refractivity contribution in [2.45, 2.75) is 19.9 Å². The molecule has 1 rings (SSSR count). The zero-order valence-corrected chi connectivity index (χ0v) is 10.1. The van der Waals surface area contributed by atoms with E-state index in [1.165, 1.54) is 0 Å². The van der Waals surface area contributed by atoms with Crippen molar-refractivity contribution in [1.82, 2.24) is 0 Å². The van der Waals surface area contributed by atoms with Crippen LogP contribution in [-0.4, -0.2) is 30.6 Å². The summed E-state index contributed by atoms with van der Waals surface area (Å²) in [5.41, 5.74) is 1.69. The Morgan fingerprint density at radius 3 is 2.71 bits per heavy atom. The van der Waals surface area contributed by atoms with Gasteiger partial charge in [0.2, 0.25) is 0 Å². The first-order chi connectivity index (χ1) is 8.13. The third kappa shape index (κ3) is 3.05. The van der Waals surface area contributed by atoms with E-state index in [1.807, 2.05) is 18.7 Å². The summed E-state index contributed by atoms with van der Waals surface area (Å²) in [4.78, 5) is 12.6. The monoisotopic (exact) mass is 232 g/mol. The fourth-order valence-electron chi connectivity index (χ4n) is 1.73. The largest absolute Gasteiger partial charge is 0.395 e. The fourth-order valence-corrected chi connectivity index (χ4v) is 1.73. The number of nitriles is 1. The molecule has 17 heavy (non-hydrogen) atoms. The number of benzene rings is 1. The summed E-state index contributed by atoms with van der Waals surface area (Å²) in [6, 6.07) is 7.25. The van der Waals surface area contributed by atoms with Crippen molar-refractivity contribution >= 4 is 12.0 Å². The molecule has 0 spiro atoms. The number of aldehydes is 1. The van der Waals surface area contributed by atoms with E-state index in [9.17, 15) is 4.79 Å². The molecule has 0 heterocycles.